The maximum Gasteiger partial charge on any atom is 0.341 e. The molecule has 6 heteroatoms. The zero-order valence-electron chi connectivity index (χ0n) is 13.5. The van der Waals surface area contributed by atoms with E-state index in [4.69, 9.17) is 13.9 Å². The van der Waals surface area contributed by atoms with E-state index in [1.54, 1.807) is 13.0 Å². The van der Waals surface area contributed by atoms with Crippen molar-refractivity contribution in [1.29, 1.82) is 0 Å². The Morgan fingerprint density at radius 3 is 2.83 bits per heavy atom. The molecular formula is C17H20BrNO4. The standard InChI is InChI=1S/C17H20BrNO4/c1-12-16(17(20)21-3)10-15(23-12)11-19(2)7-8-22-14-6-4-5-13(18)9-14/h4-6,9-10H,7-8,11H2,1-3H3. The number of nitrogens with zero attached hydrogens (tertiary/aromatic N) is 1. The Morgan fingerprint density at radius 1 is 1.35 bits per heavy atom. The highest BCUT2D eigenvalue weighted by Crippen LogP contribution is 2.18. The smallest absolute Gasteiger partial charge is 0.341 e. The van der Waals surface area contributed by atoms with Gasteiger partial charge in [0.15, 0.2) is 0 Å². The van der Waals surface area contributed by atoms with Gasteiger partial charge in [0, 0.05) is 11.0 Å². The second-order valence-electron chi connectivity index (χ2n) is 5.22. The van der Waals surface area contributed by atoms with Gasteiger partial charge in [-0.25, -0.2) is 4.79 Å². The third kappa shape index (κ3) is 5.11. The lowest BCUT2D eigenvalue weighted by molar-refractivity contribution is 0.0599. The molecule has 0 atom stereocenters. The number of carbonyl (C=O) groups is 1. The predicted molar refractivity (Wildman–Crippen MR) is 90.8 cm³/mol. The summed E-state index contributed by atoms with van der Waals surface area (Å²) in [7, 11) is 3.33. The Labute approximate surface area is 144 Å². The zero-order chi connectivity index (χ0) is 16.8. The van der Waals surface area contributed by atoms with Gasteiger partial charge < -0.3 is 13.9 Å². The number of esters is 1. The number of methoxy groups -OCH3 is 1. The highest BCUT2D eigenvalue weighted by molar-refractivity contribution is 9.10. The Bertz CT molecular complexity index is 668. The third-order valence-electron chi connectivity index (χ3n) is 3.34. The molecule has 0 bridgehead atoms. The summed E-state index contributed by atoms with van der Waals surface area (Å²) in [4.78, 5) is 13.6. The molecule has 5 nitrogen and oxygen atoms in total. The van der Waals surface area contributed by atoms with E-state index in [0.29, 0.717) is 24.5 Å². The molecule has 0 spiro atoms. The summed E-state index contributed by atoms with van der Waals surface area (Å²) < 4.78 is 17.0. The molecule has 0 unspecified atom stereocenters. The average Bonchev–Trinajstić information content (AvgIpc) is 2.87. The maximum atomic E-state index is 11.6. The van der Waals surface area contributed by atoms with Crippen molar-refractivity contribution in [2.24, 2.45) is 0 Å². The van der Waals surface area contributed by atoms with Crippen molar-refractivity contribution in [2.75, 3.05) is 27.3 Å². The summed E-state index contributed by atoms with van der Waals surface area (Å²) in [6.45, 7) is 3.65. The van der Waals surface area contributed by atoms with E-state index in [9.17, 15) is 4.79 Å². The first-order chi connectivity index (χ1) is 11.0. The van der Waals surface area contributed by atoms with Crippen LogP contribution in [-0.4, -0.2) is 38.2 Å². The van der Waals surface area contributed by atoms with Gasteiger partial charge in [0.25, 0.3) is 0 Å². The highest BCUT2D eigenvalue weighted by atomic mass is 79.9. The van der Waals surface area contributed by atoms with Crippen molar-refractivity contribution in [1.82, 2.24) is 4.90 Å². The Morgan fingerprint density at radius 2 is 2.13 bits per heavy atom. The Kier molecular flexibility index (Phi) is 6.24. The van der Waals surface area contributed by atoms with Gasteiger partial charge in [0.2, 0.25) is 0 Å². The lowest BCUT2D eigenvalue weighted by Gasteiger charge is -2.15. The molecule has 2 rings (SSSR count). The molecule has 0 saturated heterocycles. The summed E-state index contributed by atoms with van der Waals surface area (Å²) in [5, 5.41) is 0. The van der Waals surface area contributed by atoms with Gasteiger partial charge in [0.1, 0.15) is 29.4 Å². The van der Waals surface area contributed by atoms with E-state index >= 15 is 0 Å². The van der Waals surface area contributed by atoms with Crippen molar-refractivity contribution < 1.29 is 18.7 Å². The predicted octanol–water partition coefficient (Wildman–Crippen LogP) is 3.65. The van der Waals surface area contributed by atoms with Crippen molar-refractivity contribution in [3.63, 3.8) is 0 Å². The largest absolute Gasteiger partial charge is 0.492 e. The SMILES string of the molecule is COC(=O)c1cc(CN(C)CCOc2cccc(Br)c2)oc1C. The zero-order valence-corrected chi connectivity index (χ0v) is 15.1. The molecular weight excluding hydrogens is 362 g/mol. The van der Waals surface area contributed by atoms with Crippen LogP contribution in [0.5, 0.6) is 5.75 Å². The fourth-order valence-electron chi connectivity index (χ4n) is 2.16. The van der Waals surface area contributed by atoms with Crippen molar-refractivity contribution in [2.45, 2.75) is 13.5 Å². The lowest BCUT2D eigenvalue weighted by Crippen LogP contribution is -2.23. The van der Waals surface area contributed by atoms with Crippen molar-refractivity contribution >= 4 is 21.9 Å². The van der Waals surface area contributed by atoms with Crippen LogP contribution in [0.15, 0.2) is 39.2 Å². The molecule has 124 valence electrons. The first-order valence-electron chi connectivity index (χ1n) is 7.24. The van der Waals surface area contributed by atoms with E-state index in [0.717, 1.165) is 22.5 Å². The van der Waals surface area contributed by atoms with Gasteiger partial charge in [-0.1, -0.05) is 22.0 Å². The van der Waals surface area contributed by atoms with E-state index in [-0.39, 0.29) is 5.97 Å². The minimum absolute atomic E-state index is 0.377. The van der Waals surface area contributed by atoms with E-state index in [1.807, 2.05) is 31.3 Å². The molecule has 0 aliphatic rings. The molecule has 0 radical (unpaired) electrons. The first-order valence-corrected chi connectivity index (χ1v) is 8.03. The lowest BCUT2D eigenvalue weighted by atomic mass is 10.2. The minimum atomic E-state index is -0.377. The average molecular weight is 382 g/mol. The monoisotopic (exact) mass is 381 g/mol. The minimum Gasteiger partial charge on any atom is -0.492 e. The Hall–Kier alpha value is -1.79. The molecule has 1 heterocycles. The summed E-state index contributed by atoms with van der Waals surface area (Å²) in [6, 6.07) is 9.47. The van der Waals surface area contributed by atoms with Crippen LogP contribution in [0.4, 0.5) is 0 Å². The van der Waals surface area contributed by atoms with Crippen LogP contribution in [0.3, 0.4) is 0 Å². The number of likely N-dealkylation sites (N-methyl/N-ethyl adjacent to an activating group) is 1. The number of aryl methyl sites for hydroxylation is 1. The summed E-state index contributed by atoms with van der Waals surface area (Å²) in [6.07, 6.45) is 0. The van der Waals surface area contributed by atoms with Gasteiger partial charge in [-0.05, 0) is 38.2 Å². The van der Waals surface area contributed by atoms with Gasteiger partial charge in [0.05, 0.1) is 13.7 Å². The molecule has 1 aromatic carbocycles. The van der Waals surface area contributed by atoms with Crippen LogP contribution in [0.2, 0.25) is 0 Å². The van der Waals surface area contributed by atoms with Crippen molar-refractivity contribution in [3.05, 3.63) is 51.9 Å². The Balaban J connectivity index is 1.83. The number of halogens is 1. The maximum absolute atomic E-state index is 11.6. The molecule has 0 N–H and O–H groups in total. The van der Waals surface area contributed by atoms with Gasteiger partial charge >= 0.3 is 5.97 Å². The van der Waals surface area contributed by atoms with Gasteiger partial charge in [-0.2, -0.15) is 0 Å². The molecule has 23 heavy (non-hydrogen) atoms. The van der Waals surface area contributed by atoms with E-state index in [2.05, 4.69) is 20.8 Å². The normalized spacial score (nSPS) is 10.8. The molecule has 2 aromatic rings. The summed E-state index contributed by atoms with van der Waals surface area (Å²) in [5.74, 6) is 1.76. The highest BCUT2D eigenvalue weighted by Gasteiger charge is 2.16. The van der Waals surface area contributed by atoms with Gasteiger partial charge in [-0.15, -0.1) is 0 Å². The quantitative estimate of drug-likeness (QED) is 0.685. The van der Waals surface area contributed by atoms with Crippen LogP contribution < -0.4 is 4.74 Å². The molecule has 0 aliphatic heterocycles. The number of hydrogen-bond acceptors (Lipinski definition) is 5. The molecule has 0 amide bonds. The molecule has 0 fully saturated rings. The van der Waals surface area contributed by atoms with Crippen LogP contribution in [-0.2, 0) is 11.3 Å². The van der Waals surface area contributed by atoms with Gasteiger partial charge in [-0.3, -0.25) is 4.90 Å². The van der Waals surface area contributed by atoms with Crippen LogP contribution in [0.1, 0.15) is 21.9 Å². The van der Waals surface area contributed by atoms with Crippen LogP contribution in [0, 0.1) is 6.92 Å². The number of rotatable bonds is 7. The fraction of sp³-hybridized carbons (Fsp3) is 0.353. The number of ether oxygens (including phenoxy) is 2. The number of furan rings is 1. The molecule has 0 saturated carbocycles. The van der Waals surface area contributed by atoms with E-state index < -0.39 is 0 Å². The summed E-state index contributed by atoms with van der Waals surface area (Å²) >= 11 is 3.41. The van der Waals surface area contributed by atoms with E-state index in [1.165, 1.54) is 7.11 Å². The third-order valence-corrected chi connectivity index (χ3v) is 3.83. The number of benzene rings is 1. The number of hydrogen-bond donors (Lipinski definition) is 0. The topological polar surface area (TPSA) is 51.9 Å². The second kappa shape index (κ2) is 8.17. The molecule has 1 aromatic heterocycles. The second-order valence-corrected chi connectivity index (χ2v) is 6.13. The molecule has 0 aliphatic carbocycles. The van der Waals surface area contributed by atoms with Crippen LogP contribution in [0.25, 0.3) is 0 Å². The van der Waals surface area contributed by atoms with Crippen molar-refractivity contribution in [3.8, 4) is 5.75 Å². The summed E-state index contributed by atoms with van der Waals surface area (Å²) in [5.41, 5.74) is 0.473. The first kappa shape index (κ1) is 17.6. The van der Waals surface area contributed by atoms with Crippen LogP contribution >= 0.6 is 15.9 Å². The number of carbonyl (C=O) groups excluding carboxylic acids is 1. The fourth-order valence-corrected chi connectivity index (χ4v) is 2.53.